The molecule has 0 aliphatic rings. The van der Waals surface area contributed by atoms with Gasteiger partial charge in [0.05, 0.1) is 12.2 Å². The smallest absolute Gasteiger partial charge is 0.260 e. The average Bonchev–Trinajstić information content (AvgIpc) is 2.82. The van der Waals surface area contributed by atoms with Gasteiger partial charge in [0.25, 0.3) is 5.91 Å². The topological polar surface area (TPSA) is 77.2 Å². The average molecular weight is 261 g/mol. The molecule has 1 heterocycles. The Labute approximate surface area is 110 Å². The Hall–Kier alpha value is -2.37. The quantitative estimate of drug-likeness (QED) is 0.894. The van der Waals surface area contributed by atoms with E-state index in [2.05, 4.69) is 20.3 Å². The van der Waals surface area contributed by atoms with E-state index in [-0.39, 0.29) is 5.91 Å². The van der Waals surface area contributed by atoms with E-state index in [0.29, 0.717) is 29.4 Å². The first-order valence-electron chi connectivity index (χ1n) is 6.04. The molecule has 0 saturated carbocycles. The van der Waals surface area contributed by atoms with Crippen LogP contribution in [0.4, 0.5) is 5.82 Å². The van der Waals surface area contributed by atoms with E-state index in [1.807, 2.05) is 13.0 Å². The second kappa shape index (κ2) is 5.99. The van der Waals surface area contributed by atoms with Gasteiger partial charge in [0, 0.05) is 0 Å². The standard InChI is InChI=1S/C13H15N3O3/c1-3-8-18-11-7-5-4-6-10(11)13(17)14-12-9(2)15-19-16-12/h4-7H,3,8H2,1-2H3,(H,14,16,17). The van der Waals surface area contributed by atoms with Gasteiger partial charge in [0.1, 0.15) is 11.4 Å². The summed E-state index contributed by atoms with van der Waals surface area (Å²) in [5, 5.41) is 9.85. The predicted octanol–water partition coefficient (Wildman–Crippen LogP) is 2.42. The van der Waals surface area contributed by atoms with Crippen LogP contribution >= 0.6 is 0 Å². The van der Waals surface area contributed by atoms with Crippen molar-refractivity contribution in [1.82, 2.24) is 10.3 Å². The van der Waals surface area contributed by atoms with Gasteiger partial charge in [-0.2, -0.15) is 0 Å². The lowest BCUT2D eigenvalue weighted by atomic mass is 10.2. The van der Waals surface area contributed by atoms with Crippen molar-refractivity contribution in [3.05, 3.63) is 35.5 Å². The van der Waals surface area contributed by atoms with Crippen molar-refractivity contribution in [2.75, 3.05) is 11.9 Å². The molecule has 0 bridgehead atoms. The van der Waals surface area contributed by atoms with Gasteiger partial charge in [0.2, 0.25) is 5.82 Å². The number of nitrogens with zero attached hydrogens (tertiary/aromatic N) is 2. The number of nitrogens with one attached hydrogen (secondary N) is 1. The summed E-state index contributed by atoms with van der Waals surface area (Å²) < 4.78 is 10.1. The van der Waals surface area contributed by atoms with Crippen LogP contribution in [0.15, 0.2) is 28.9 Å². The maximum absolute atomic E-state index is 12.1. The van der Waals surface area contributed by atoms with Crippen LogP contribution in [-0.4, -0.2) is 22.8 Å². The molecule has 0 aliphatic carbocycles. The van der Waals surface area contributed by atoms with Crippen LogP contribution in [0.2, 0.25) is 0 Å². The molecular weight excluding hydrogens is 246 g/mol. The third kappa shape index (κ3) is 3.09. The number of carbonyl (C=O) groups is 1. The molecule has 0 saturated heterocycles. The normalized spacial score (nSPS) is 10.2. The van der Waals surface area contributed by atoms with Crippen LogP contribution in [0.25, 0.3) is 0 Å². The highest BCUT2D eigenvalue weighted by molar-refractivity contribution is 6.05. The Bertz CT molecular complexity index is 566. The Morgan fingerprint density at radius 2 is 2.16 bits per heavy atom. The Morgan fingerprint density at radius 1 is 1.37 bits per heavy atom. The molecule has 0 aliphatic heterocycles. The monoisotopic (exact) mass is 261 g/mol. The van der Waals surface area contributed by atoms with E-state index in [1.165, 1.54) is 0 Å². The molecule has 1 N–H and O–H groups in total. The molecule has 2 rings (SSSR count). The second-order valence-electron chi connectivity index (χ2n) is 4.00. The van der Waals surface area contributed by atoms with E-state index in [1.54, 1.807) is 25.1 Å². The van der Waals surface area contributed by atoms with Crippen molar-refractivity contribution >= 4 is 11.7 Å². The summed E-state index contributed by atoms with van der Waals surface area (Å²) >= 11 is 0. The molecule has 0 fully saturated rings. The molecular formula is C13H15N3O3. The molecule has 19 heavy (non-hydrogen) atoms. The van der Waals surface area contributed by atoms with Crippen molar-refractivity contribution in [2.45, 2.75) is 20.3 Å². The van der Waals surface area contributed by atoms with Gasteiger partial charge in [-0.25, -0.2) is 4.63 Å². The van der Waals surface area contributed by atoms with Gasteiger partial charge in [-0.3, -0.25) is 4.79 Å². The number of ether oxygens (including phenoxy) is 1. The number of amides is 1. The number of carbonyl (C=O) groups excluding carboxylic acids is 1. The summed E-state index contributed by atoms with van der Waals surface area (Å²) in [4.78, 5) is 12.1. The Balaban J connectivity index is 2.17. The lowest BCUT2D eigenvalue weighted by Crippen LogP contribution is -2.14. The zero-order valence-electron chi connectivity index (χ0n) is 10.8. The van der Waals surface area contributed by atoms with Crippen molar-refractivity contribution in [2.24, 2.45) is 0 Å². The number of rotatable bonds is 5. The first-order chi connectivity index (χ1) is 9.22. The van der Waals surface area contributed by atoms with Crippen LogP contribution in [0.5, 0.6) is 5.75 Å². The van der Waals surface area contributed by atoms with Crippen LogP contribution in [-0.2, 0) is 0 Å². The van der Waals surface area contributed by atoms with Crippen molar-refractivity contribution in [3.8, 4) is 5.75 Å². The Morgan fingerprint density at radius 3 is 2.84 bits per heavy atom. The molecule has 1 amide bonds. The number of benzene rings is 1. The van der Waals surface area contributed by atoms with Crippen molar-refractivity contribution in [3.63, 3.8) is 0 Å². The molecule has 1 aromatic carbocycles. The third-order valence-electron chi connectivity index (χ3n) is 2.48. The number of anilines is 1. The summed E-state index contributed by atoms with van der Waals surface area (Å²) in [6.45, 7) is 4.27. The van der Waals surface area contributed by atoms with Crippen LogP contribution in [0.1, 0.15) is 29.4 Å². The predicted molar refractivity (Wildman–Crippen MR) is 69.2 cm³/mol. The van der Waals surface area contributed by atoms with Gasteiger partial charge in [-0.1, -0.05) is 24.2 Å². The number of aryl methyl sites for hydroxylation is 1. The highest BCUT2D eigenvalue weighted by Gasteiger charge is 2.15. The number of aromatic nitrogens is 2. The molecule has 0 atom stereocenters. The zero-order valence-corrected chi connectivity index (χ0v) is 10.8. The van der Waals surface area contributed by atoms with Gasteiger partial charge < -0.3 is 10.1 Å². The fourth-order valence-electron chi connectivity index (χ4n) is 1.51. The molecule has 1 aromatic heterocycles. The maximum Gasteiger partial charge on any atom is 0.260 e. The van der Waals surface area contributed by atoms with E-state index in [9.17, 15) is 4.79 Å². The highest BCUT2D eigenvalue weighted by atomic mass is 16.6. The molecule has 0 radical (unpaired) electrons. The van der Waals surface area contributed by atoms with E-state index < -0.39 is 0 Å². The molecule has 0 spiro atoms. The van der Waals surface area contributed by atoms with Crippen molar-refractivity contribution < 1.29 is 14.2 Å². The Kier molecular flexibility index (Phi) is 4.12. The zero-order chi connectivity index (χ0) is 13.7. The minimum absolute atomic E-state index is 0.300. The lowest BCUT2D eigenvalue weighted by molar-refractivity contribution is 0.102. The molecule has 6 nitrogen and oxygen atoms in total. The summed E-state index contributed by atoms with van der Waals surface area (Å²) in [5.74, 6) is 0.566. The second-order valence-corrected chi connectivity index (χ2v) is 4.00. The van der Waals surface area contributed by atoms with E-state index >= 15 is 0 Å². The fraction of sp³-hybridized carbons (Fsp3) is 0.308. The maximum atomic E-state index is 12.1. The first kappa shape index (κ1) is 13.1. The molecule has 0 unspecified atom stereocenters. The lowest BCUT2D eigenvalue weighted by Gasteiger charge is -2.09. The van der Waals surface area contributed by atoms with Gasteiger partial charge >= 0.3 is 0 Å². The van der Waals surface area contributed by atoms with E-state index in [4.69, 9.17) is 4.74 Å². The van der Waals surface area contributed by atoms with Gasteiger partial charge in [-0.05, 0) is 30.6 Å². The van der Waals surface area contributed by atoms with Gasteiger partial charge in [0.15, 0.2) is 0 Å². The van der Waals surface area contributed by atoms with E-state index in [0.717, 1.165) is 6.42 Å². The van der Waals surface area contributed by atoms with Crippen LogP contribution < -0.4 is 10.1 Å². The minimum atomic E-state index is -0.300. The summed E-state index contributed by atoms with van der Waals surface area (Å²) in [7, 11) is 0. The van der Waals surface area contributed by atoms with Gasteiger partial charge in [-0.15, -0.1) is 0 Å². The SMILES string of the molecule is CCCOc1ccccc1C(=O)Nc1nonc1C. The van der Waals surface area contributed by atoms with Crippen molar-refractivity contribution in [1.29, 1.82) is 0 Å². The number of para-hydroxylation sites is 1. The first-order valence-corrected chi connectivity index (χ1v) is 6.04. The number of hydrogen-bond donors (Lipinski definition) is 1. The number of hydrogen-bond acceptors (Lipinski definition) is 5. The molecule has 100 valence electrons. The minimum Gasteiger partial charge on any atom is -0.493 e. The van der Waals surface area contributed by atoms with Crippen LogP contribution in [0, 0.1) is 6.92 Å². The summed E-state index contributed by atoms with van der Waals surface area (Å²) in [6.07, 6.45) is 0.877. The third-order valence-corrected chi connectivity index (χ3v) is 2.48. The molecule has 6 heteroatoms. The summed E-state index contributed by atoms with van der Waals surface area (Å²) in [6, 6.07) is 7.06. The summed E-state index contributed by atoms with van der Waals surface area (Å²) in [5.41, 5.74) is 0.985. The highest BCUT2D eigenvalue weighted by Crippen LogP contribution is 2.20. The van der Waals surface area contributed by atoms with Crippen LogP contribution in [0.3, 0.4) is 0 Å². The fourth-order valence-corrected chi connectivity index (χ4v) is 1.51. The largest absolute Gasteiger partial charge is 0.493 e. The molecule has 2 aromatic rings.